The molecule has 1 unspecified atom stereocenters. The Kier molecular flexibility index (Phi) is 15.3. The first kappa shape index (κ1) is 38.9. The topological polar surface area (TPSA) is 122 Å². The van der Waals surface area contributed by atoms with Gasteiger partial charge in [-0.1, -0.05) is 12.8 Å². The van der Waals surface area contributed by atoms with Gasteiger partial charge in [0.05, 0.1) is 6.10 Å². The highest BCUT2D eigenvalue weighted by atomic mass is 16.6. The predicted molar refractivity (Wildman–Crippen MR) is 187 cm³/mol. The van der Waals surface area contributed by atoms with Crippen LogP contribution in [0.2, 0.25) is 0 Å². The number of piperidine rings is 2. The summed E-state index contributed by atoms with van der Waals surface area (Å²) in [5.74, 6) is 1.41. The van der Waals surface area contributed by atoms with Crippen molar-refractivity contribution in [3.8, 4) is 0 Å². The van der Waals surface area contributed by atoms with Gasteiger partial charge in [0.25, 0.3) is 0 Å². The Morgan fingerprint density at radius 1 is 0.729 bits per heavy atom. The third kappa shape index (κ3) is 14.7. The molecule has 2 amide bonds. The molecule has 0 saturated carbocycles. The average molecular weight is 667 g/mol. The second-order valence-corrected chi connectivity index (χ2v) is 15.1. The maximum atomic E-state index is 12.1. The molecule has 4 rings (SSSR count). The van der Waals surface area contributed by atoms with E-state index in [2.05, 4.69) is 9.97 Å². The van der Waals surface area contributed by atoms with Crippen molar-refractivity contribution in [2.75, 3.05) is 26.2 Å². The van der Waals surface area contributed by atoms with Crippen molar-refractivity contribution in [3.63, 3.8) is 0 Å². The van der Waals surface area contributed by atoms with Gasteiger partial charge in [-0.3, -0.25) is 14.8 Å². The zero-order valence-corrected chi connectivity index (χ0v) is 30.0. The van der Waals surface area contributed by atoms with Gasteiger partial charge >= 0.3 is 12.2 Å². The molecule has 266 valence electrons. The van der Waals surface area contributed by atoms with Crippen LogP contribution in [-0.4, -0.2) is 80.2 Å². The molecule has 0 radical (unpaired) electrons. The van der Waals surface area contributed by atoms with Gasteiger partial charge in [0, 0.05) is 63.0 Å². The Labute approximate surface area is 287 Å². The Hall–Kier alpha value is -3.53. The lowest BCUT2D eigenvalue weighted by molar-refractivity contribution is 0.0169. The number of carbonyl (C=O) groups excluding carboxylic acids is 3. The van der Waals surface area contributed by atoms with E-state index in [1.54, 1.807) is 41.8 Å². The molecule has 2 saturated heterocycles. The number of carbonyl (C=O) groups is 3. The fourth-order valence-electron chi connectivity index (χ4n) is 6.05. The lowest BCUT2D eigenvalue weighted by atomic mass is 9.90. The maximum absolute atomic E-state index is 12.1. The molecule has 2 fully saturated rings. The smallest absolute Gasteiger partial charge is 0.410 e. The van der Waals surface area contributed by atoms with Crippen molar-refractivity contribution in [2.45, 2.75) is 123 Å². The van der Waals surface area contributed by atoms with Gasteiger partial charge in [-0.05, 0) is 128 Å². The number of ketones is 1. The summed E-state index contributed by atoms with van der Waals surface area (Å²) in [6, 6.07) is 7.26. The molecule has 0 aliphatic carbocycles. The van der Waals surface area contributed by atoms with E-state index in [1.807, 2.05) is 58.6 Å². The Morgan fingerprint density at radius 2 is 1.15 bits per heavy atom. The maximum Gasteiger partial charge on any atom is 0.410 e. The van der Waals surface area contributed by atoms with E-state index in [0.717, 1.165) is 95.1 Å². The summed E-state index contributed by atoms with van der Waals surface area (Å²) in [5.41, 5.74) is 0.799. The molecule has 0 bridgehead atoms. The van der Waals surface area contributed by atoms with Gasteiger partial charge < -0.3 is 24.4 Å². The van der Waals surface area contributed by atoms with Gasteiger partial charge in [-0.25, -0.2) is 9.59 Å². The largest absolute Gasteiger partial charge is 0.444 e. The highest BCUT2D eigenvalue weighted by molar-refractivity contribution is 5.95. The van der Waals surface area contributed by atoms with E-state index in [-0.39, 0.29) is 18.0 Å². The summed E-state index contributed by atoms with van der Waals surface area (Å²) >= 11 is 0. The number of pyridine rings is 2. The highest BCUT2D eigenvalue weighted by Gasteiger charge is 2.28. The van der Waals surface area contributed by atoms with Gasteiger partial charge in [0.1, 0.15) is 11.2 Å². The van der Waals surface area contributed by atoms with Gasteiger partial charge in [-0.2, -0.15) is 0 Å². The van der Waals surface area contributed by atoms with Crippen LogP contribution in [0.1, 0.15) is 128 Å². The third-order valence-electron chi connectivity index (χ3n) is 8.73. The van der Waals surface area contributed by atoms with Crippen LogP contribution in [0.5, 0.6) is 0 Å². The molecule has 2 aliphatic heterocycles. The van der Waals surface area contributed by atoms with Crippen LogP contribution in [0.15, 0.2) is 49.1 Å². The lowest BCUT2D eigenvalue weighted by Crippen LogP contribution is -2.41. The van der Waals surface area contributed by atoms with Crippen LogP contribution in [0, 0.1) is 11.8 Å². The van der Waals surface area contributed by atoms with Crippen LogP contribution >= 0.6 is 0 Å². The number of hydrogen-bond acceptors (Lipinski definition) is 8. The molecule has 10 nitrogen and oxygen atoms in total. The first-order valence-electron chi connectivity index (χ1n) is 17.7. The second kappa shape index (κ2) is 18.9. The van der Waals surface area contributed by atoms with Crippen LogP contribution < -0.4 is 0 Å². The number of aliphatic hydroxyl groups excluding tert-OH is 1. The summed E-state index contributed by atoms with van der Waals surface area (Å²) in [4.78, 5) is 47.7. The monoisotopic (exact) mass is 666 g/mol. The summed E-state index contributed by atoms with van der Waals surface area (Å²) in [6.07, 6.45) is 15.3. The van der Waals surface area contributed by atoms with Crippen LogP contribution in [0.25, 0.3) is 0 Å². The molecule has 1 atom stereocenters. The number of nitrogens with zero attached hydrogens (tertiary/aromatic N) is 4. The normalized spacial score (nSPS) is 16.8. The number of ether oxygens (including phenoxy) is 2. The van der Waals surface area contributed by atoms with E-state index < -0.39 is 17.3 Å². The average Bonchev–Trinajstić information content (AvgIpc) is 3.05. The number of aromatic nitrogens is 2. The van der Waals surface area contributed by atoms with Crippen LogP contribution in [-0.2, 0) is 9.47 Å². The van der Waals surface area contributed by atoms with E-state index in [9.17, 15) is 19.5 Å². The number of Topliss-reactive ketones (excluding diaryl/α,β-unsaturated/α-hetero) is 1. The zero-order chi connectivity index (χ0) is 35.2. The quantitative estimate of drug-likeness (QED) is 0.253. The van der Waals surface area contributed by atoms with Crippen molar-refractivity contribution in [3.05, 3.63) is 60.2 Å². The first-order valence-corrected chi connectivity index (χ1v) is 17.7. The minimum Gasteiger partial charge on any atom is -0.444 e. The minimum absolute atomic E-state index is 0.184. The number of likely N-dealkylation sites (tertiary alicyclic amines) is 2. The first-order chi connectivity index (χ1) is 22.7. The molecule has 10 heteroatoms. The fourth-order valence-corrected chi connectivity index (χ4v) is 6.05. The van der Waals surface area contributed by atoms with Crippen molar-refractivity contribution in [1.82, 2.24) is 19.8 Å². The third-order valence-corrected chi connectivity index (χ3v) is 8.73. The summed E-state index contributed by atoms with van der Waals surface area (Å²) in [5, 5.41) is 10.2. The van der Waals surface area contributed by atoms with Gasteiger partial charge in [0.15, 0.2) is 5.78 Å². The molecule has 0 spiro atoms. The Morgan fingerprint density at radius 3 is 1.58 bits per heavy atom. The number of hydrogen-bond donors (Lipinski definition) is 1. The standard InChI is InChI=1S/C19H30N2O3.C19H28N2O3/c2*1-19(2,3)24-18(23)21-13-9-15(10-14-21)5-4-6-17(22)16-7-11-20-12-8-16/h7-8,11-12,15,17,22H,4-6,9-10,13-14H2,1-3H3;7-8,11-12,15H,4-6,9-10,13-14H2,1-3H3. The number of amides is 2. The molecule has 0 aromatic carbocycles. The zero-order valence-electron chi connectivity index (χ0n) is 30.0. The van der Waals surface area contributed by atoms with Crippen molar-refractivity contribution in [2.24, 2.45) is 11.8 Å². The molecule has 1 N–H and O–H groups in total. The number of aliphatic hydroxyl groups is 1. The van der Waals surface area contributed by atoms with E-state index in [4.69, 9.17) is 9.47 Å². The molecule has 2 aliphatic rings. The molecule has 48 heavy (non-hydrogen) atoms. The lowest BCUT2D eigenvalue weighted by Gasteiger charge is -2.33. The number of rotatable bonds is 10. The summed E-state index contributed by atoms with van der Waals surface area (Å²) < 4.78 is 10.8. The van der Waals surface area contributed by atoms with Crippen LogP contribution in [0.3, 0.4) is 0 Å². The van der Waals surface area contributed by atoms with Crippen molar-refractivity contribution < 1.29 is 29.0 Å². The minimum atomic E-state index is -0.443. The second-order valence-electron chi connectivity index (χ2n) is 15.1. The summed E-state index contributed by atoms with van der Waals surface area (Å²) in [7, 11) is 0. The highest BCUT2D eigenvalue weighted by Crippen LogP contribution is 2.27. The fraction of sp³-hybridized carbons (Fsp3) is 0.658. The molecule has 2 aromatic heterocycles. The molecule has 2 aromatic rings. The molecular formula is C38H58N4O6. The predicted octanol–water partition coefficient (Wildman–Crippen LogP) is 8.01. The van der Waals surface area contributed by atoms with Crippen LogP contribution in [0.4, 0.5) is 9.59 Å². The van der Waals surface area contributed by atoms with Gasteiger partial charge in [0.2, 0.25) is 0 Å². The summed E-state index contributed by atoms with van der Waals surface area (Å²) in [6.45, 7) is 14.4. The van der Waals surface area contributed by atoms with Gasteiger partial charge in [-0.15, -0.1) is 0 Å². The van der Waals surface area contributed by atoms with E-state index in [1.165, 1.54) is 0 Å². The molecule has 4 heterocycles. The van der Waals surface area contributed by atoms with Crippen molar-refractivity contribution in [1.29, 1.82) is 0 Å². The Balaban J connectivity index is 0.000000260. The van der Waals surface area contributed by atoms with Crippen molar-refractivity contribution >= 4 is 18.0 Å². The van der Waals surface area contributed by atoms with E-state index in [0.29, 0.717) is 18.3 Å². The van der Waals surface area contributed by atoms with E-state index >= 15 is 0 Å². The SMILES string of the molecule is CC(C)(C)OC(=O)N1CCC(CCCC(=O)c2ccncc2)CC1.CC(C)(C)OC(=O)N1CCC(CCCC(O)c2ccncc2)CC1. The molecular weight excluding hydrogens is 608 g/mol. The Bertz CT molecular complexity index is 1250.